The number of hydrogen-bond acceptors (Lipinski definition) is 6. The van der Waals surface area contributed by atoms with Crippen LogP contribution in [0.1, 0.15) is 22.4 Å². The normalized spacial score (nSPS) is 11.7. The molecule has 178 valence electrons. The van der Waals surface area contributed by atoms with Crippen LogP contribution in [0.2, 0.25) is 0 Å². The van der Waals surface area contributed by atoms with Crippen molar-refractivity contribution in [1.29, 1.82) is 0 Å². The third-order valence-electron chi connectivity index (χ3n) is 5.01. The SMILES string of the molecule is Cc1ccc(NS(=O)(=O)Cc2ccccc2)c(=O)n1CC(=O)NCc1ccc(/C(N)=N\O)cc1. The monoisotopic (exact) mass is 483 g/mol. The van der Waals surface area contributed by atoms with E-state index >= 15 is 0 Å². The highest BCUT2D eigenvalue weighted by Crippen LogP contribution is 2.11. The molecule has 5 N–H and O–H groups in total. The first kappa shape index (κ1) is 24.5. The number of amidine groups is 1. The van der Waals surface area contributed by atoms with Gasteiger partial charge in [0.1, 0.15) is 12.2 Å². The van der Waals surface area contributed by atoms with Crippen molar-refractivity contribution in [2.24, 2.45) is 10.9 Å². The molecule has 1 amide bonds. The van der Waals surface area contributed by atoms with E-state index < -0.39 is 21.5 Å². The average molecular weight is 484 g/mol. The van der Waals surface area contributed by atoms with E-state index in [4.69, 9.17) is 10.9 Å². The Labute approximate surface area is 196 Å². The molecule has 0 unspecified atom stereocenters. The summed E-state index contributed by atoms with van der Waals surface area (Å²) in [4.78, 5) is 25.3. The van der Waals surface area contributed by atoms with Crippen LogP contribution in [0.4, 0.5) is 5.69 Å². The van der Waals surface area contributed by atoms with Gasteiger partial charge in [0.25, 0.3) is 5.56 Å². The number of amides is 1. The van der Waals surface area contributed by atoms with Crippen molar-refractivity contribution in [3.05, 3.63) is 99.5 Å². The molecule has 0 atom stereocenters. The maximum atomic E-state index is 12.9. The fraction of sp³-hybridized carbons (Fsp3) is 0.174. The minimum atomic E-state index is -3.82. The van der Waals surface area contributed by atoms with Crippen LogP contribution in [0.5, 0.6) is 0 Å². The first-order chi connectivity index (χ1) is 16.2. The Hall–Kier alpha value is -4.12. The molecule has 2 aromatic carbocycles. The van der Waals surface area contributed by atoms with Gasteiger partial charge in [-0.15, -0.1) is 0 Å². The van der Waals surface area contributed by atoms with Crippen LogP contribution < -0.4 is 21.3 Å². The molecule has 1 heterocycles. The number of anilines is 1. The number of nitrogens with zero attached hydrogens (tertiary/aromatic N) is 2. The Balaban J connectivity index is 1.67. The summed E-state index contributed by atoms with van der Waals surface area (Å²) < 4.78 is 28.6. The molecule has 0 aliphatic heterocycles. The third kappa shape index (κ3) is 6.45. The quantitative estimate of drug-likeness (QED) is 0.156. The first-order valence-electron chi connectivity index (χ1n) is 10.3. The Bertz CT molecular complexity index is 1350. The van der Waals surface area contributed by atoms with E-state index in [9.17, 15) is 18.0 Å². The molecule has 0 spiro atoms. The van der Waals surface area contributed by atoms with Crippen LogP contribution in [-0.2, 0) is 33.7 Å². The van der Waals surface area contributed by atoms with Gasteiger partial charge in [0.05, 0.1) is 5.75 Å². The zero-order valence-electron chi connectivity index (χ0n) is 18.4. The lowest BCUT2D eigenvalue weighted by molar-refractivity contribution is -0.121. The highest BCUT2D eigenvalue weighted by atomic mass is 32.2. The largest absolute Gasteiger partial charge is 0.409 e. The van der Waals surface area contributed by atoms with Gasteiger partial charge >= 0.3 is 0 Å². The van der Waals surface area contributed by atoms with Crippen molar-refractivity contribution >= 4 is 27.5 Å². The number of nitrogens with one attached hydrogen (secondary N) is 2. The molecule has 3 rings (SSSR count). The number of hydrogen-bond donors (Lipinski definition) is 4. The predicted octanol–water partition coefficient (Wildman–Crippen LogP) is 1.51. The number of nitrogens with two attached hydrogens (primary N) is 1. The number of oxime groups is 1. The molecular formula is C23H25N5O5S. The molecule has 0 radical (unpaired) electrons. The first-order valence-corrected chi connectivity index (χ1v) is 11.9. The Morgan fingerprint density at radius 1 is 1.03 bits per heavy atom. The van der Waals surface area contributed by atoms with Crippen LogP contribution in [0, 0.1) is 6.92 Å². The van der Waals surface area contributed by atoms with Gasteiger partial charge in [-0.05, 0) is 30.2 Å². The topological polar surface area (TPSA) is 156 Å². The smallest absolute Gasteiger partial charge is 0.275 e. The molecule has 10 nitrogen and oxygen atoms in total. The van der Waals surface area contributed by atoms with Crippen molar-refractivity contribution in [3.8, 4) is 0 Å². The van der Waals surface area contributed by atoms with E-state index in [0.717, 1.165) is 5.56 Å². The molecular weight excluding hydrogens is 458 g/mol. The van der Waals surface area contributed by atoms with E-state index in [0.29, 0.717) is 16.8 Å². The third-order valence-corrected chi connectivity index (χ3v) is 6.25. The molecule has 0 fully saturated rings. The summed E-state index contributed by atoms with van der Waals surface area (Å²) in [6, 6.07) is 18.3. The van der Waals surface area contributed by atoms with Crippen LogP contribution in [0.25, 0.3) is 0 Å². The molecule has 0 saturated heterocycles. The molecule has 11 heteroatoms. The minimum absolute atomic E-state index is 0.0234. The van der Waals surface area contributed by atoms with Gasteiger partial charge in [-0.25, -0.2) is 8.42 Å². The summed E-state index contributed by atoms with van der Waals surface area (Å²) in [7, 11) is -3.82. The summed E-state index contributed by atoms with van der Waals surface area (Å²) in [5, 5.41) is 14.3. The predicted molar refractivity (Wildman–Crippen MR) is 129 cm³/mol. The fourth-order valence-electron chi connectivity index (χ4n) is 3.19. The fourth-order valence-corrected chi connectivity index (χ4v) is 4.39. The number of pyridine rings is 1. The number of rotatable bonds is 9. The number of aromatic nitrogens is 1. The second kappa shape index (κ2) is 10.7. The Morgan fingerprint density at radius 2 is 1.71 bits per heavy atom. The van der Waals surface area contributed by atoms with Crippen molar-refractivity contribution in [1.82, 2.24) is 9.88 Å². The molecule has 0 aliphatic carbocycles. The van der Waals surface area contributed by atoms with Crippen LogP contribution in [-0.4, -0.2) is 29.9 Å². The van der Waals surface area contributed by atoms with E-state index in [1.165, 1.54) is 10.6 Å². The summed E-state index contributed by atoms with van der Waals surface area (Å²) in [6.45, 7) is 1.58. The van der Waals surface area contributed by atoms with E-state index in [-0.39, 0.29) is 30.4 Å². The molecule has 0 saturated carbocycles. The van der Waals surface area contributed by atoms with Crippen molar-refractivity contribution < 1.29 is 18.4 Å². The van der Waals surface area contributed by atoms with Gasteiger partial charge in [0.2, 0.25) is 15.9 Å². The maximum absolute atomic E-state index is 12.9. The molecule has 3 aromatic rings. The van der Waals surface area contributed by atoms with Crippen molar-refractivity contribution in [2.45, 2.75) is 25.8 Å². The summed E-state index contributed by atoms with van der Waals surface area (Å²) in [5.41, 5.74) is 7.18. The van der Waals surface area contributed by atoms with Gasteiger partial charge in [-0.1, -0.05) is 59.8 Å². The second-order valence-corrected chi connectivity index (χ2v) is 9.31. The van der Waals surface area contributed by atoms with E-state index in [2.05, 4.69) is 15.2 Å². The Kier molecular flexibility index (Phi) is 7.69. The zero-order chi connectivity index (χ0) is 24.7. The number of carbonyl (C=O) groups is 1. The summed E-state index contributed by atoms with van der Waals surface area (Å²) >= 11 is 0. The highest BCUT2D eigenvalue weighted by Gasteiger charge is 2.16. The van der Waals surface area contributed by atoms with E-state index in [1.807, 2.05) is 0 Å². The average Bonchev–Trinajstić information content (AvgIpc) is 2.82. The van der Waals surface area contributed by atoms with Crippen molar-refractivity contribution in [2.75, 3.05) is 4.72 Å². The standard InChI is InChI=1S/C23H25N5O5S/c1-16-7-12-20(27-34(32,33)15-18-5-3-2-4-6-18)23(30)28(16)14-21(29)25-13-17-8-10-19(11-9-17)22(24)26-31/h2-12,27,31H,13-15H2,1H3,(H2,24,26)(H,25,29). The van der Waals surface area contributed by atoms with E-state index in [1.54, 1.807) is 67.6 Å². The molecule has 0 bridgehead atoms. The Morgan fingerprint density at radius 3 is 2.35 bits per heavy atom. The number of aryl methyl sites for hydroxylation is 1. The van der Waals surface area contributed by atoms with Crippen molar-refractivity contribution in [3.63, 3.8) is 0 Å². The van der Waals surface area contributed by atoms with Gasteiger partial charge in [0, 0.05) is 17.8 Å². The van der Waals surface area contributed by atoms with Gasteiger partial charge in [0.15, 0.2) is 5.84 Å². The number of sulfonamides is 1. The van der Waals surface area contributed by atoms with Crippen LogP contribution in [0.15, 0.2) is 76.7 Å². The van der Waals surface area contributed by atoms with Crippen LogP contribution in [0.3, 0.4) is 0 Å². The lowest BCUT2D eigenvalue weighted by atomic mass is 10.1. The van der Waals surface area contributed by atoms with Crippen LogP contribution >= 0.6 is 0 Å². The highest BCUT2D eigenvalue weighted by molar-refractivity contribution is 7.91. The maximum Gasteiger partial charge on any atom is 0.275 e. The lowest BCUT2D eigenvalue weighted by Gasteiger charge is -2.14. The molecule has 34 heavy (non-hydrogen) atoms. The second-order valence-electron chi connectivity index (χ2n) is 7.59. The summed E-state index contributed by atoms with van der Waals surface area (Å²) in [6.07, 6.45) is 0. The number of carbonyl (C=O) groups excluding carboxylic acids is 1. The van der Waals surface area contributed by atoms with Gasteiger partial charge in [-0.3, -0.25) is 14.3 Å². The number of benzene rings is 2. The minimum Gasteiger partial charge on any atom is -0.409 e. The zero-order valence-corrected chi connectivity index (χ0v) is 19.2. The lowest BCUT2D eigenvalue weighted by Crippen LogP contribution is -2.34. The van der Waals surface area contributed by atoms with Gasteiger partial charge in [-0.2, -0.15) is 0 Å². The summed E-state index contributed by atoms with van der Waals surface area (Å²) in [5.74, 6) is -0.726. The van der Waals surface area contributed by atoms with Gasteiger partial charge < -0.3 is 20.8 Å². The molecule has 0 aliphatic rings. The molecule has 1 aromatic heterocycles.